The monoisotopic (exact) mass is 260 g/mol. The van der Waals surface area contributed by atoms with E-state index in [2.05, 4.69) is 6.92 Å². The second-order valence-electron chi connectivity index (χ2n) is 5.06. The van der Waals surface area contributed by atoms with Crippen LogP contribution in [-0.4, -0.2) is 29.7 Å². The third-order valence-corrected chi connectivity index (χ3v) is 3.16. The molecule has 0 aromatic heterocycles. The number of aliphatic hydroxyl groups is 2. The van der Waals surface area contributed by atoms with E-state index in [0.29, 0.717) is 13.0 Å². The van der Waals surface area contributed by atoms with Gasteiger partial charge in [0.25, 0.3) is 0 Å². The Morgan fingerprint density at radius 3 is 1.72 bits per heavy atom. The van der Waals surface area contributed by atoms with Crippen molar-refractivity contribution in [3.05, 3.63) is 0 Å². The van der Waals surface area contributed by atoms with Gasteiger partial charge in [-0.05, 0) is 6.42 Å². The third kappa shape index (κ3) is 15.9. The maximum atomic E-state index is 8.61. The lowest BCUT2D eigenvalue weighted by molar-refractivity contribution is -0.0611. The van der Waals surface area contributed by atoms with Gasteiger partial charge < -0.3 is 14.9 Å². The van der Waals surface area contributed by atoms with Crippen LogP contribution in [0.25, 0.3) is 0 Å². The van der Waals surface area contributed by atoms with E-state index in [9.17, 15) is 0 Å². The minimum Gasteiger partial charge on any atom is -0.381 e. The predicted molar refractivity (Wildman–Crippen MR) is 75.5 cm³/mol. The van der Waals surface area contributed by atoms with Crippen molar-refractivity contribution in [3.8, 4) is 0 Å². The van der Waals surface area contributed by atoms with Crippen LogP contribution in [0.2, 0.25) is 0 Å². The first-order valence-electron chi connectivity index (χ1n) is 7.71. The van der Waals surface area contributed by atoms with Crippen LogP contribution in [0.5, 0.6) is 0 Å². The predicted octanol–water partition coefficient (Wildman–Crippen LogP) is 3.62. The summed E-state index contributed by atoms with van der Waals surface area (Å²) in [5.41, 5.74) is 0. The minimum atomic E-state index is -1.22. The molecule has 0 aromatic carbocycles. The first kappa shape index (κ1) is 17.9. The molecule has 0 rings (SSSR count). The van der Waals surface area contributed by atoms with E-state index < -0.39 is 6.29 Å². The van der Waals surface area contributed by atoms with Crippen molar-refractivity contribution in [2.75, 3.05) is 13.2 Å². The maximum absolute atomic E-state index is 8.61. The molecule has 0 saturated carbocycles. The fourth-order valence-corrected chi connectivity index (χ4v) is 1.98. The highest BCUT2D eigenvalue weighted by molar-refractivity contribution is 4.47. The Labute approximate surface area is 113 Å². The van der Waals surface area contributed by atoms with Crippen molar-refractivity contribution in [3.63, 3.8) is 0 Å². The van der Waals surface area contributed by atoms with E-state index in [4.69, 9.17) is 14.9 Å². The van der Waals surface area contributed by atoms with Crippen LogP contribution >= 0.6 is 0 Å². The molecule has 0 radical (unpaired) electrons. The van der Waals surface area contributed by atoms with E-state index in [1.165, 1.54) is 57.8 Å². The molecule has 0 amide bonds. The Balaban J connectivity index is 2.90. The molecule has 0 saturated heterocycles. The quantitative estimate of drug-likeness (QED) is 0.370. The molecular weight excluding hydrogens is 228 g/mol. The summed E-state index contributed by atoms with van der Waals surface area (Å²) in [5.74, 6) is 0. The topological polar surface area (TPSA) is 49.7 Å². The molecule has 0 bridgehead atoms. The molecule has 2 N–H and O–H groups in total. The Bertz CT molecular complexity index is 149. The number of rotatable bonds is 14. The van der Waals surface area contributed by atoms with Crippen LogP contribution in [-0.2, 0) is 4.74 Å². The van der Waals surface area contributed by atoms with Crippen LogP contribution in [0, 0.1) is 0 Å². The van der Waals surface area contributed by atoms with E-state index in [0.717, 1.165) is 13.0 Å². The summed E-state index contributed by atoms with van der Waals surface area (Å²) >= 11 is 0. The Morgan fingerprint density at radius 1 is 0.722 bits per heavy atom. The first-order valence-corrected chi connectivity index (χ1v) is 7.71. The fourth-order valence-electron chi connectivity index (χ4n) is 1.98. The molecule has 3 nitrogen and oxygen atoms in total. The SMILES string of the molecule is CCCCCCCCCCCCOCCC(O)O. The van der Waals surface area contributed by atoms with Gasteiger partial charge in [0.05, 0.1) is 6.61 Å². The smallest absolute Gasteiger partial charge is 0.153 e. The maximum Gasteiger partial charge on any atom is 0.153 e. The van der Waals surface area contributed by atoms with E-state index in [-0.39, 0.29) is 0 Å². The number of unbranched alkanes of at least 4 members (excludes halogenated alkanes) is 9. The van der Waals surface area contributed by atoms with Gasteiger partial charge in [-0.15, -0.1) is 0 Å². The van der Waals surface area contributed by atoms with Crippen LogP contribution < -0.4 is 0 Å². The molecule has 0 atom stereocenters. The molecule has 0 aliphatic rings. The molecule has 0 spiro atoms. The van der Waals surface area contributed by atoms with E-state index in [1.807, 2.05) is 0 Å². The summed E-state index contributed by atoms with van der Waals surface area (Å²) in [6, 6.07) is 0. The molecule has 0 heterocycles. The zero-order chi connectivity index (χ0) is 13.5. The van der Waals surface area contributed by atoms with E-state index >= 15 is 0 Å². The number of ether oxygens (including phenoxy) is 1. The average Bonchev–Trinajstić information content (AvgIpc) is 2.34. The lowest BCUT2D eigenvalue weighted by atomic mass is 10.1. The zero-order valence-electron chi connectivity index (χ0n) is 12.1. The van der Waals surface area contributed by atoms with Crippen molar-refractivity contribution in [1.29, 1.82) is 0 Å². The van der Waals surface area contributed by atoms with Gasteiger partial charge >= 0.3 is 0 Å². The molecule has 0 aliphatic heterocycles. The molecular formula is C15H32O3. The summed E-state index contributed by atoms with van der Waals surface area (Å²) in [7, 11) is 0. The van der Waals surface area contributed by atoms with Gasteiger partial charge in [-0.25, -0.2) is 0 Å². The average molecular weight is 260 g/mol. The standard InChI is InChI=1S/C15H32O3/c1-2-3-4-5-6-7-8-9-10-11-13-18-14-12-15(16)17/h15-17H,2-14H2,1H3. The molecule has 0 fully saturated rings. The zero-order valence-corrected chi connectivity index (χ0v) is 12.1. The summed E-state index contributed by atoms with van der Waals surface area (Å²) in [4.78, 5) is 0. The van der Waals surface area contributed by atoms with E-state index in [1.54, 1.807) is 0 Å². The molecule has 3 heteroatoms. The van der Waals surface area contributed by atoms with Crippen molar-refractivity contribution in [1.82, 2.24) is 0 Å². The highest BCUT2D eigenvalue weighted by Gasteiger charge is 1.96. The Hall–Kier alpha value is -0.120. The third-order valence-electron chi connectivity index (χ3n) is 3.16. The summed E-state index contributed by atoms with van der Waals surface area (Å²) in [6.07, 6.45) is 12.4. The highest BCUT2D eigenvalue weighted by atomic mass is 16.5. The van der Waals surface area contributed by atoms with Crippen molar-refractivity contribution in [2.45, 2.75) is 83.8 Å². The molecule has 18 heavy (non-hydrogen) atoms. The summed E-state index contributed by atoms with van der Waals surface area (Å²) in [5, 5.41) is 17.2. The first-order chi connectivity index (χ1) is 8.77. The van der Waals surface area contributed by atoms with Gasteiger partial charge in [0, 0.05) is 13.0 Å². The van der Waals surface area contributed by atoms with Gasteiger partial charge in [0.15, 0.2) is 6.29 Å². The largest absolute Gasteiger partial charge is 0.381 e. The van der Waals surface area contributed by atoms with Gasteiger partial charge in [-0.2, -0.15) is 0 Å². The molecule has 0 aliphatic carbocycles. The lowest BCUT2D eigenvalue weighted by Crippen LogP contribution is -2.09. The van der Waals surface area contributed by atoms with Gasteiger partial charge in [-0.1, -0.05) is 64.7 Å². The molecule has 110 valence electrons. The van der Waals surface area contributed by atoms with Crippen LogP contribution in [0.15, 0.2) is 0 Å². The molecule has 0 aromatic rings. The fraction of sp³-hybridized carbons (Fsp3) is 1.00. The van der Waals surface area contributed by atoms with Crippen molar-refractivity contribution >= 4 is 0 Å². The van der Waals surface area contributed by atoms with Crippen LogP contribution in [0.1, 0.15) is 77.6 Å². The van der Waals surface area contributed by atoms with Crippen molar-refractivity contribution in [2.24, 2.45) is 0 Å². The number of aliphatic hydroxyl groups excluding tert-OH is 1. The van der Waals surface area contributed by atoms with Gasteiger partial charge in [-0.3, -0.25) is 0 Å². The molecule has 0 unspecified atom stereocenters. The van der Waals surface area contributed by atoms with Crippen molar-refractivity contribution < 1.29 is 14.9 Å². The summed E-state index contributed by atoms with van der Waals surface area (Å²) in [6.45, 7) is 3.46. The lowest BCUT2D eigenvalue weighted by Gasteiger charge is -2.05. The second kappa shape index (κ2) is 14.9. The van der Waals surface area contributed by atoms with Crippen LogP contribution in [0.3, 0.4) is 0 Å². The Morgan fingerprint density at radius 2 is 1.22 bits per heavy atom. The van der Waals surface area contributed by atoms with Gasteiger partial charge in [0.1, 0.15) is 0 Å². The highest BCUT2D eigenvalue weighted by Crippen LogP contribution is 2.10. The Kier molecular flexibility index (Phi) is 14.8. The normalized spacial score (nSPS) is 11.3. The minimum absolute atomic E-state index is 0.317. The number of hydrogen-bond acceptors (Lipinski definition) is 3. The van der Waals surface area contributed by atoms with Crippen LogP contribution in [0.4, 0.5) is 0 Å². The number of hydrogen-bond donors (Lipinski definition) is 2. The second-order valence-corrected chi connectivity index (χ2v) is 5.06. The summed E-state index contributed by atoms with van der Waals surface area (Å²) < 4.78 is 5.30. The van der Waals surface area contributed by atoms with Gasteiger partial charge in [0.2, 0.25) is 0 Å².